The number of anilines is 2. The Bertz CT molecular complexity index is 1580. The van der Waals surface area contributed by atoms with E-state index in [1.807, 2.05) is 6.92 Å². The number of benzene rings is 1. The van der Waals surface area contributed by atoms with Gasteiger partial charge in [-0.2, -0.15) is 18.3 Å². The van der Waals surface area contributed by atoms with E-state index < -0.39 is 36.4 Å². The van der Waals surface area contributed by atoms with E-state index in [0.717, 1.165) is 6.20 Å². The molecule has 16 heteroatoms. The van der Waals surface area contributed by atoms with Gasteiger partial charge in [-0.25, -0.2) is 18.7 Å². The molecule has 42 heavy (non-hydrogen) atoms. The quantitative estimate of drug-likeness (QED) is 0.154. The van der Waals surface area contributed by atoms with Crippen LogP contribution in [-0.4, -0.2) is 61.5 Å². The minimum atomic E-state index is -4.89. The summed E-state index contributed by atoms with van der Waals surface area (Å²) in [4.78, 5) is 32.7. The van der Waals surface area contributed by atoms with E-state index in [4.69, 9.17) is 5.73 Å². The zero-order valence-corrected chi connectivity index (χ0v) is 22.5. The maximum Gasteiger partial charge on any atom is 0.435 e. The minimum Gasteiger partial charge on any atom is -0.353 e. The van der Waals surface area contributed by atoms with Gasteiger partial charge >= 0.3 is 6.18 Å². The summed E-state index contributed by atoms with van der Waals surface area (Å²) in [5.74, 6) is -0.453. The third kappa shape index (κ3) is 6.82. The second kappa shape index (κ2) is 12.5. The number of aryl methyl sites for hydroxylation is 1. The van der Waals surface area contributed by atoms with Crippen LogP contribution < -0.4 is 21.7 Å². The van der Waals surface area contributed by atoms with E-state index in [0.29, 0.717) is 27.9 Å². The zero-order valence-electron chi connectivity index (χ0n) is 22.5. The fourth-order valence-electron chi connectivity index (χ4n) is 4.20. The fraction of sp³-hybridized carbons (Fsp3) is 0.346. The highest BCUT2D eigenvalue weighted by atomic mass is 19.4. The van der Waals surface area contributed by atoms with Crippen LogP contribution in [0.1, 0.15) is 35.5 Å². The molecule has 224 valence electrons. The van der Waals surface area contributed by atoms with Crippen molar-refractivity contribution in [1.82, 2.24) is 34.8 Å². The Labute approximate surface area is 236 Å². The van der Waals surface area contributed by atoms with Crippen molar-refractivity contribution in [3.05, 3.63) is 59.8 Å². The molecule has 3 heterocycles. The van der Waals surface area contributed by atoms with E-state index in [2.05, 4.69) is 31.0 Å². The molecule has 0 aliphatic rings. The van der Waals surface area contributed by atoms with Gasteiger partial charge < -0.3 is 21.7 Å². The summed E-state index contributed by atoms with van der Waals surface area (Å²) < 4.78 is 68.7. The van der Waals surface area contributed by atoms with E-state index in [1.54, 1.807) is 25.1 Å². The van der Waals surface area contributed by atoms with Crippen molar-refractivity contribution in [2.24, 2.45) is 5.73 Å². The van der Waals surface area contributed by atoms with Gasteiger partial charge in [0.2, 0.25) is 5.91 Å². The van der Waals surface area contributed by atoms with Crippen LogP contribution >= 0.6 is 0 Å². The lowest BCUT2D eigenvalue weighted by Crippen LogP contribution is -2.42. The predicted octanol–water partition coefficient (Wildman–Crippen LogP) is 3.38. The standard InChI is InChI=1S/C26H28F5N9O2/c1-3-15-10-16(4-5-17(15)25(42)35-7-6-34-24(41)14(2)32)37-22-23-36-11-19(40(23)9-8-33-22)18-12-39(13-20(27)28)38-21(18)26(29,30)31/h4-5,8-12,14,20H,3,6-7,13,32H2,1-2H3,(H,33,37)(H,34,41)(H,35,42)/t14-/m1/s1. The molecular weight excluding hydrogens is 565 g/mol. The van der Waals surface area contributed by atoms with Gasteiger partial charge in [-0.1, -0.05) is 6.92 Å². The van der Waals surface area contributed by atoms with Crippen LogP contribution in [0.25, 0.3) is 16.9 Å². The Hall–Kier alpha value is -4.60. The summed E-state index contributed by atoms with van der Waals surface area (Å²) in [5.41, 5.74) is 5.60. The third-order valence-electron chi connectivity index (χ3n) is 6.18. The Kier molecular flexibility index (Phi) is 9.04. The van der Waals surface area contributed by atoms with E-state index in [1.165, 1.54) is 23.0 Å². The molecule has 2 amide bonds. The predicted molar refractivity (Wildman–Crippen MR) is 143 cm³/mol. The van der Waals surface area contributed by atoms with Gasteiger partial charge in [0.15, 0.2) is 17.2 Å². The van der Waals surface area contributed by atoms with Crippen LogP contribution in [0, 0.1) is 0 Å². The monoisotopic (exact) mass is 593 g/mol. The van der Waals surface area contributed by atoms with Crippen molar-refractivity contribution in [2.45, 2.75) is 45.5 Å². The first-order valence-corrected chi connectivity index (χ1v) is 12.9. The number of amides is 2. The molecule has 0 saturated carbocycles. The Balaban J connectivity index is 1.56. The molecule has 1 atom stereocenters. The number of alkyl halides is 5. The number of nitrogens with one attached hydrogen (secondary N) is 3. The number of rotatable bonds is 11. The minimum absolute atomic E-state index is 0.0123. The van der Waals surface area contributed by atoms with E-state index in [9.17, 15) is 31.5 Å². The molecule has 0 aliphatic heterocycles. The van der Waals surface area contributed by atoms with Crippen LogP contribution in [-0.2, 0) is 23.9 Å². The largest absolute Gasteiger partial charge is 0.435 e. The average Bonchev–Trinajstić information content (AvgIpc) is 3.55. The number of imidazole rings is 1. The highest BCUT2D eigenvalue weighted by Gasteiger charge is 2.38. The van der Waals surface area contributed by atoms with Gasteiger partial charge in [-0.05, 0) is 37.1 Å². The maximum absolute atomic E-state index is 13.7. The molecular formula is C26H28F5N9O2. The lowest BCUT2D eigenvalue weighted by atomic mass is 10.0. The Morgan fingerprint density at radius 3 is 2.52 bits per heavy atom. The van der Waals surface area contributed by atoms with Crippen LogP contribution in [0.15, 0.2) is 43.0 Å². The molecule has 4 aromatic rings. The number of fused-ring (bicyclic) bond motifs is 1. The van der Waals surface area contributed by atoms with Gasteiger partial charge in [0, 0.05) is 42.9 Å². The Morgan fingerprint density at radius 2 is 1.86 bits per heavy atom. The highest BCUT2D eigenvalue weighted by molar-refractivity contribution is 5.96. The molecule has 4 rings (SSSR count). The topological polar surface area (TPSA) is 144 Å². The number of hydrogen-bond donors (Lipinski definition) is 4. The number of carbonyl (C=O) groups excluding carboxylic acids is 2. The molecule has 11 nitrogen and oxygen atoms in total. The van der Waals surface area contributed by atoms with E-state index in [-0.39, 0.29) is 42.1 Å². The van der Waals surface area contributed by atoms with Crippen molar-refractivity contribution in [1.29, 1.82) is 0 Å². The van der Waals surface area contributed by atoms with Crippen LogP contribution in [0.4, 0.5) is 33.5 Å². The van der Waals surface area contributed by atoms with Crippen molar-refractivity contribution < 1.29 is 31.5 Å². The lowest BCUT2D eigenvalue weighted by Gasteiger charge is -2.13. The number of carbonyl (C=O) groups is 2. The van der Waals surface area contributed by atoms with Crippen LogP contribution in [0.2, 0.25) is 0 Å². The summed E-state index contributed by atoms with van der Waals surface area (Å²) in [6, 6.07) is 4.33. The van der Waals surface area contributed by atoms with Crippen LogP contribution in [0.5, 0.6) is 0 Å². The molecule has 0 saturated heterocycles. The van der Waals surface area contributed by atoms with Gasteiger partial charge in [0.05, 0.1) is 23.5 Å². The molecule has 0 fully saturated rings. The second-order valence-corrected chi connectivity index (χ2v) is 9.30. The smallest absolute Gasteiger partial charge is 0.353 e. The summed E-state index contributed by atoms with van der Waals surface area (Å²) in [5, 5.41) is 11.8. The van der Waals surface area contributed by atoms with Gasteiger partial charge in [0.25, 0.3) is 12.3 Å². The second-order valence-electron chi connectivity index (χ2n) is 9.30. The number of hydrogen-bond acceptors (Lipinski definition) is 7. The highest BCUT2D eigenvalue weighted by Crippen LogP contribution is 2.37. The van der Waals surface area contributed by atoms with E-state index >= 15 is 0 Å². The zero-order chi connectivity index (χ0) is 30.6. The number of aromatic nitrogens is 5. The summed E-state index contributed by atoms with van der Waals surface area (Å²) in [6.45, 7) is 2.84. The molecule has 5 N–H and O–H groups in total. The lowest BCUT2D eigenvalue weighted by molar-refractivity contribution is -0.141. The molecule has 0 aliphatic carbocycles. The van der Waals surface area contributed by atoms with Crippen LogP contribution in [0.3, 0.4) is 0 Å². The molecule has 0 unspecified atom stereocenters. The molecule has 1 aromatic carbocycles. The SMILES string of the molecule is CCc1cc(Nc2nccn3c(-c4cn(CC(F)F)nc4C(F)(F)F)cnc23)ccc1C(=O)NCCNC(=O)[C@@H](C)N. The molecule has 3 aromatic heterocycles. The van der Waals surface area contributed by atoms with Crippen molar-refractivity contribution >= 4 is 29.0 Å². The Morgan fingerprint density at radius 1 is 1.12 bits per heavy atom. The first-order chi connectivity index (χ1) is 19.9. The first kappa shape index (κ1) is 30.4. The van der Waals surface area contributed by atoms with Crippen molar-refractivity contribution in [3.63, 3.8) is 0 Å². The van der Waals surface area contributed by atoms with Crippen molar-refractivity contribution in [2.75, 3.05) is 18.4 Å². The van der Waals surface area contributed by atoms with Gasteiger partial charge in [0.1, 0.15) is 6.54 Å². The van der Waals surface area contributed by atoms with Gasteiger partial charge in [-0.3, -0.25) is 18.7 Å². The number of nitrogens with zero attached hydrogens (tertiary/aromatic N) is 5. The number of halogens is 5. The molecule has 0 spiro atoms. The van der Waals surface area contributed by atoms with Gasteiger partial charge in [-0.15, -0.1) is 0 Å². The maximum atomic E-state index is 13.7. The third-order valence-corrected chi connectivity index (χ3v) is 6.18. The first-order valence-electron chi connectivity index (χ1n) is 12.9. The van der Waals surface area contributed by atoms with Crippen molar-refractivity contribution in [3.8, 4) is 11.3 Å². The normalized spacial score (nSPS) is 12.5. The number of nitrogens with two attached hydrogens (primary N) is 1. The summed E-state index contributed by atoms with van der Waals surface area (Å²) >= 11 is 0. The average molecular weight is 594 g/mol. The molecule has 0 radical (unpaired) electrons. The molecule has 0 bridgehead atoms. The summed E-state index contributed by atoms with van der Waals surface area (Å²) in [7, 11) is 0. The fourth-order valence-corrected chi connectivity index (χ4v) is 4.20. The summed E-state index contributed by atoms with van der Waals surface area (Å²) in [6.07, 6.45) is -2.42.